The molecule has 1 rings (SSSR count). The third-order valence-electron chi connectivity index (χ3n) is 3.19. The lowest BCUT2D eigenvalue weighted by atomic mass is 10.1. The average Bonchev–Trinajstić information content (AvgIpc) is 2.65. The van der Waals surface area contributed by atoms with E-state index in [1.807, 2.05) is 0 Å². The standard InChI is InChI=1S/C12H23ClO/c1-11(6-8-13)7-9-14-10-12-4-2-3-5-12/h11-12H,2-10H2,1H3. The van der Waals surface area contributed by atoms with Gasteiger partial charge in [0.1, 0.15) is 0 Å². The fraction of sp³-hybridized carbons (Fsp3) is 1.00. The minimum Gasteiger partial charge on any atom is -0.381 e. The predicted molar refractivity (Wildman–Crippen MR) is 61.9 cm³/mol. The van der Waals surface area contributed by atoms with Crippen LogP contribution in [0.4, 0.5) is 0 Å². The first-order chi connectivity index (χ1) is 6.83. The van der Waals surface area contributed by atoms with E-state index in [0.717, 1.165) is 37.4 Å². The van der Waals surface area contributed by atoms with Gasteiger partial charge in [0.15, 0.2) is 0 Å². The number of halogens is 1. The zero-order chi connectivity index (χ0) is 10.2. The summed E-state index contributed by atoms with van der Waals surface area (Å²) in [5, 5.41) is 0. The van der Waals surface area contributed by atoms with Crippen LogP contribution >= 0.6 is 11.6 Å². The summed E-state index contributed by atoms with van der Waals surface area (Å²) in [4.78, 5) is 0. The van der Waals surface area contributed by atoms with Crippen LogP contribution in [-0.4, -0.2) is 19.1 Å². The van der Waals surface area contributed by atoms with Crippen LogP contribution in [0.2, 0.25) is 0 Å². The highest BCUT2D eigenvalue weighted by Gasteiger charge is 2.14. The third-order valence-corrected chi connectivity index (χ3v) is 3.40. The Morgan fingerprint density at radius 3 is 2.64 bits per heavy atom. The van der Waals surface area contributed by atoms with Gasteiger partial charge < -0.3 is 4.74 Å². The van der Waals surface area contributed by atoms with E-state index in [-0.39, 0.29) is 0 Å². The Balaban J connectivity index is 1.88. The summed E-state index contributed by atoms with van der Waals surface area (Å²) in [6, 6.07) is 0. The van der Waals surface area contributed by atoms with Gasteiger partial charge in [0, 0.05) is 19.1 Å². The topological polar surface area (TPSA) is 9.23 Å². The molecule has 1 atom stereocenters. The van der Waals surface area contributed by atoms with Crippen molar-refractivity contribution in [2.24, 2.45) is 11.8 Å². The lowest BCUT2D eigenvalue weighted by Gasteiger charge is -2.12. The van der Waals surface area contributed by atoms with Crippen molar-refractivity contribution in [3.05, 3.63) is 0 Å². The zero-order valence-corrected chi connectivity index (χ0v) is 10.1. The van der Waals surface area contributed by atoms with Crippen LogP contribution in [0.3, 0.4) is 0 Å². The summed E-state index contributed by atoms with van der Waals surface area (Å²) >= 11 is 5.67. The predicted octanol–water partition coefficient (Wildman–Crippen LogP) is 3.85. The second-order valence-corrected chi connectivity index (χ2v) is 4.97. The number of hydrogen-bond acceptors (Lipinski definition) is 1. The van der Waals surface area contributed by atoms with E-state index in [4.69, 9.17) is 16.3 Å². The highest BCUT2D eigenvalue weighted by molar-refractivity contribution is 6.17. The van der Waals surface area contributed by atoms with Gasteiger partial charge in [-0.1, -0.05) is 19.8 Å². The molecule has 2 heteroatoms. The minimum atomic E-state index is 0.719. The summed E-state index contributed by atoms with van der Waals surface area (Å²) in [7, 11) is 0. The molecule has 0 saturated heterocycles. The van der Waals surface area contributed by atoms with Gasteiger partial charge in [0.25, 0.3) is 0 Å². The van der Waals surface area contributed by atoms with E-state index in [2.05, 4.69) is 6.92 Å². The van der Waals surface area contributed by atoms with Crippen molar-refractivity contribution in [2.75, 3.05) is 19.1 Å². The Kier molecular flexibility index (Phi) is 6.63. The molecule has 0 aliphatic heterocycles. The van der Waals surface area contributed by atoms with Crippen LogP contribution in [0.25, 0.3) is 0 Å². The minimum absolute atomic E-state index is 0.719. The molecule has 1 fully saturated rings. The van der Waals surface area contributed by atoms with Crippen molar-refractivity contribution >= 4 is 11.6 Å². The molecule has 0 N–H and O–H groups in total. The van der Waals surface area contributed by atoms with Crippen molar-refractivity contribution in [1.29, 1.82) is 0 Å². The van der Waals surface area contributed by atoms with Crippen molar-refractivity contribution in [3.63, 3.8) is 0 Å². The first-order valence-corrected chi connectivity index (χ1v) is 6.50. The highest BCUT2D eigenvalue weighted by atomic mass is 35.5. The van der Waals surface area contributed by atoms with Crippen LogP contribution in [0.15, 0.2) is 0 Å². The number of rotatable bonds is 7. The molecule has 1 aliphatic carbocycles. The summed E-state index contributed by atoms with van der Waals surface area (Å²) < 4.78 is 5.69. The monoisotopic (exact) mass is 218 g/mol. The molecule has 0 heterocycles. The van der Waals surface area contributed by atoms with Crippen LogP contribution in [0, 0.1) is 11.8 Å². The highest BCUT2D eigenvalue weighted by Crippen LogP contribution is 2.24. The molecule has 1 saturated carbocycles. The van der Waals surface area contributed by atoms with E-state index in [9.17, 15) is 0 Å². The van der Waals surface area contributed by atoms with E-state index in [0.29, 0.717) is 0 Å². The Labute approximate surface area is 93.2 Å². The van der Waals surface area contributed by atoms with Gasteiger partial charge in [-0.15, -0.1) is 11.6 Å². The van der Waals surface area contributed by atoms with E-state index >= 15 is 0 Å². The zero-order valence-electron chi connectivity index (χ0n) is 9.30. The Morgan fingerprint density at radius 1 is 1.29 bits per heavy atom. The number of ether oxygens (including phenoxy) is 1. The van der Waals surface area contributed by atoms with Gasteiger partial charge in [-0.05, 0) is 37.5 Å². The molecule has 1 unspecified atom stereocenters. The molecule has 0 aromatic heterocycles. The molecule has 84 valence electrons. The molecule has 0 aromatic rings. The molecular formula is C12H23ClO. The van der Waals surface area contributed by atoms with Crippen LogP contribution < -0.4 is 0 Å². The molecule has 0 amide bonds. The first kappa shape index (κ1) is 12.3. The van der Waals surface area contributed by atoms with E-state index in [1.165, 1.54) is 32.1 Å². The molecule has 0 bridgehead atoms. The van der Waals surface area contributed by atoms with Gasteiger partial charge >= 0.3 is 0 Å². The molecular weight excluding hydrogens is 196 g/mol. The van der Waals surface area contributed by atoms with Gasteiger partial charge in [-0.3, -0.25) is 0 Å². The van der Waals surface area contributed by atoms with Crippen LogP contribution in [-0.2, 0) is 4.74 Å². The average molecular weight is 219 g/mol. The maximum Gasteiger partial charge on any atom is 0.0494 e. The number of alkyl halides is 1. The smallest absolute Gasteiger partial charge is 0.0494 e. The van der Waals surface area contributed by atoms with E-state index < -0.39 is 0 Å². The second-order valence-electron chi connectivity index (χ2n) is 4.60. The summed E-state index contributed by atoms with van der Waals surface area (Å²) in [6.45, 7) is 4.17. The summed E-state index contributed by atoms with van der Waals surface area (Å²) in [6.07, 6.45) is 7.88. The SMILES string of the molecule is CC(CCCl)CCOCC1CCCC1. The fourth-order valence-electron chi connectivity index (χ4n) is 2.04. The molecule has 0 radical (unpaired) electrons. The Hall–Kier alpha value is 0.250. The largest absolute Gasteiger partial charge is 0.381 e. The maximum atomic E-state index is 5.69. The molecule has 1 aliphatic rings. The molecule has 14 heavy (non-hydrogen) atoms. The lowest BCUT2D eigenvalue weighted by Crippen LogP contribution is -2.08. The van der Waals surface area contributed by atoms with Crippen molar-refractivity contribution in [3.8, 4) is 0 Å². The summed E-state index contributed by atoms with van der Waals surface area (Å²) in [5.74, 6) is 2.36. The van der Waals surface area contributed by atoms with Crippen molar-refractivity contribution in [2.45, 2.75) is 45.4 Å². The Bertz CT molecular complexity index is 132. The van der Waals surface area contributed by atoms with Crippen molar-refractivity contribution < 1.29 is 4.74 Å². The van der Waals surface area contributed by atoms with Crippen LogP contribution in [0.1, 0.15) is 45.4 Å². The molecule has 1 nitrogen and oxygen atoms in total. The normalized spacial score (nSPS) is 20.1. The van der Waals surface area contributed by atoms with Crippen molar-refractivity contribution in [1.82, 2.24) is 0 Å². The van der Waals surface area contributed by atoms with Gasteiger partial charge in [-0.2, -0.15) is 0 Å². The number of hydrogen-bond donors (Lipinski definition) is 0. The van der Waals surface area contributed by atoms with E-state index in [1.54, 1.807) is 0 Å². The molecule has 0 aromatic carbocycles. The molecule has 0 spiro atoms. The Morgan fingerprint density at radius 2 is 2.00 bits per heavy atom. The quantitative estimate of drug-likeness (QED) is 0.466. The second kappa shape index (κ2) is 7.53. The fourth-order valence-corrected chi connectivity index (χ4v) is 2.41. The first-order valence-electron chi connectivity index (χ1n) is 5.96. The third kappa shape index (κ3) is 5.21. The lowest BCUT2D eigenvalue weighted by molar-refractivity contribution is 0.0913. The maximum absolute atomic E-state index is 5.69. The van der Waals surface area contributed by atoms with Gasteiger partial charge in [0.05, 0.1) is 0 Å². The summed E-state index contributed by atoms with van der Waals surface area (Å²) in [5.41, 5.74) is 0. The van der Waals surface area contributed by atoms with Gasteiger partial charge in [0.2, 0.25) is 0 Å². The van der Waals surface area contributed by atoms with Crippen LogP contribution in [0.5, 0.6) is 0 Å². The van der Waals surface area contributed by atoms with Gasteiger partial charge in [-0.25, -0.2) is 0 Å².